The summed E-state index contributed by atoms with van der Waals surface area (Å²) in [6.07, 6.45) is 0. The maximum Gasteiger partial charge on any atom is 0.282 e. The summed E-state index contributed by atoms with van der Waals surface area (Å²) < 4.78 is 33.4. The average molecular weight is 399 g/mol. The summed E-state index contributed by atoms with van der Waals surface area (Å²) in [5, 5.41) is 2.88. The third-order valence-electron chi connectivity index (χ3n) is 4.69. The van der Waals surface area contributed by atoms with Crippen molar-refractivity contribution in [3.63, 3.8) is 0 Å². The highest BCUT2D eigenvalue weighted by Gasteiger charge is 2.31. The van der Waals surface area contributed by atoms with Crippen LogP contribution in [0, 0.1) is 6.92 Å². The molecule has 1 aromatic rings. The maximum absolute atomic E-state index is 12.6. The molecule has 1 amide bonds. The number of rotatable bonds is 8. The number of amides is 1. The standard InChI is InChI=1S/C18H30N4O4S/c1-5-21(6-2)27(24,25)22-11-9-20(10-12-22)14-18(23)19-16-13-15(3)7-8-17(16)26-4/h7-8,13H,5-6,9-12,14H2,1-4H3,(H,19,23). The van der Waals surface area contributed by atoms with Crippen molar-refractivity contribution < 1.29 is 17.9 Å². The van der Waals surface area contributed by atoms with E-state index in [0.29, 0.717) is 50.7 Å². The Hall–Kier alpha value is -1.68. The topological polar surface area (TPSA) is 82.2 Å². The molecule has 0 aliphatic carbocycles. The van der Waals surface area contributed by atoms with E-state index in [1.165, 1.54) is 8.61 Å². The molecule has 1 saturated heterocycles. The summed E-state index contributed by atoms with van der Waals surface area (Å²) in [7, 11) is -1.85. The van der Waals surface area contributed by atoms with E-state index in [0.717, 1.165) is 5.56 Å². The number of aryl methyl sites for hydroxylation is 1. The third kappa shape index (κ3) is 5.41. The molecule has 1 aromatic carbocycles. The number of carbonyl (C=O) groups is 1. The van der Waals surface area contributed by atoms with Gasteiger partial charge in [-0.05, 0) is 24.6 Å². The lowest BCUT2D eigenvalue weighted by molar-refractivity contribution is -0.117. The molecule has 0 bridgehead atoms. The minimum Gasteiger partial charge on any atom is -0.495 e. The monoisotopic (exact) mass is 398 g/mol. The van der Waals surface area contributed by atoms with Crippen LogP contribution >= 0.6 is 0 Å². The fourth-order valence-electron chi connectivity index (χ4n) is 3.14. The number of nitrogens with zero attached hydrogens (tertiary/aromatic N) is 3. The lowest BCUT2D eigenvalue weighted by atomic mass is 10.2. The summed E-state index contributed by atoms with van der Waals surface area (Å²) in [5.74, 6) is 0.475. The SMILES string of the molecule is CCN(CC)S(=O)(=O)N1CCN(CC(=O)Nc2cc(C)ccc2OC)CC1. The van der Waals surface area contributed by atoms with Crippen LogP contribution in [-0.2, 0) is 15.0 Å². The van der Waals surface area contributed by atoms with Crippen molar-refractivity contribution in [3.05, 3.63) is 23.8 Å². The molecular weight excluding hydrogens is 368 g/mol. The number of ether oxygens (including phenoxy) is 1. The normalized spacial score (nSPS) is 16.5. The molecule has 8 nitrogen and oxygen atoms in total. The molecular formula is C18H30N4O4S. The van der Waals surface area contributed by atoms with Gasteiger partial charge in [-0.1, -0.05) is 19.9 Å². The quantitative estimate of drug-likeness (QED) is 0.710. The summed E-state index contributed by atoms with van der Waals surface area (Å²) >= 11 is 0. The number of carbonyl (C=O) groups excluding carboxylic acids is 1. The Morgan fingerprint density at radius 2 is 1.81 bits per heavy atom. The van der Waals surface area contributed by atoms with Crippen LogP contribution in [0.15, 0.2) is 18.2 Å². The van der Waals surface area contributed by atoms with Gasteiger partial charge in [0.05, 0.1) is 19.3 Å². The molecule has 1 heterocycles. The van der Waals surface area contributed by atoms with Crippen LogP contribution in [0.2, 0.25) is 0 Å². The maximum atomic E-state index is 12.6. The first-order chi connectivity index (χ1) is 12.8. The van der Waals surface area contributed by atoms with Crippen LogP contribution < -0.4 is 10.1 Å². The molecule has 0 radical (unpaired) electrons. The third-order valence-corrected chi connectivity index (χ3v) is 6.87. The molecule has 152 valence electrons. The Morgan fingerprint density at radius 1 is 1.19 bits per heavy atom. The predicted octanol–water partition coefficient (Wildman–Crippen LogP) is 1.15. The fourth-order valence-corrected chi connectivity index (χ4v) is 4.75. The second kappa shape index (κ2) is 9.50. The van der Waals surface area contributed by atoms with Crippen LogP contribution in [0.3, 0.4) is 0 Å². The van der Waals surface area contributed by atoms with Gasteiger partial charge in [0.2, 0.25) is 5.91 Å². The van der Waals surface area contributed by atoms with E-state index < -0.39 is 10.2 Å². The van der Waals surface area contributed by atoms with E-state index in [1.54, 1.807) is 7.11 Å². The van der Waals surface area contributed by atoms with E-state index >= 15 is 0 Å². The Bertz CT molecular complexity index is 742. The van der Waals surface area contributed by atoms with E-state index in [-0.39, 0.29) is 12.5 Å². The van der Waals surface area contributed by atoms with Gasteiger partial charge in [-0.3, -0.25) is 9.69 Å². The van der Waals surface area contributed by atoms with Gasteiger partial charge in [-0.15, -0.1) is 0 Å². The minimum atomic E-state index is -3.42. The van der Waals surface area contributed by atoms with Crippen molar-refractivity contribution in [2.75, 3.05) is 58.2 Å². The molecule has 0 spiro atoms. The second-order valence-electron chi connectivity index (χ2n) is 6.52. The first-order valence-corrected chi connectivity index (χ1v) is 10.6. The Morgan fingerprint density at radius 3 is 2.37 bits per heavy atom. The molecule has 1 N–H and O–H groups in total. The molecule has 1 aliphatic rings. The minimum absolute atomic E-state index is 0.140. The number of methoxy groups -OCH3 is 1. The molecule has 0 atom stereocenters. The summed E-state index contributed by atoms with van der Waals surface area (Å²) in [5.41, 5.74) is 1.67. The van der Waals surface area contributed by atoms with Gasteiger partial charge in [-0.2, -0.15) is 17.0 Å². The Balaban J connectivity index is 1.90. The highest BCUT2D eigenvalue weighted by atomic mass is 32.2. The lowest BCUT2D eigenvalue weighted by Gasteiger charge is -2.35. The van der Waals surface area contributed by atoms with E-state index in [9.17, 15) is 13.2 Å². The van der Waals surface area contributed by atoms with Gasteiger partial charge < -0.3 is 10.1 Å². The van der Waals surface area contributed by atoms with Crippen molar-refractivity contribution in [3.8, 4) is 5.75 Å². The predicted molar refractivity (Wildman–Crippen MR) is 106 cm³/mol. The van der Waals surface area contributed by atoms with Gasteiger partial charge in [-0.25, -0.2) is 0 Å². The number of piperazine rings is 1. The first-order valence-electron chi connectivity index (χ1n) is 9.23. The molecule has 1 aliphatic heterocycles. The van der Waals surface area contributed by atoms with Crippen LogP contribution in [-0.4, -0.2) is 80.8 Å². The van der Waals surface area contributed by atoms with Gasteiger partial charge in [0.25, 0.3) is 10.2 Å². The number of anilines is 1. The van der Waals surface area contributed by atoms with Gasteiger partial charge in [0.15, 0.2) is 0 Å². The number of nitrogens with one attached hydrogen (secondary N) is 1. The number of benzene rings is 1. The molecule has 27 heavy (non-hydrogen) atoms. The zero-order chi connectivity index (χ0) is 20.0. The van der Waals surface area contributed by atoms with Crippen molar-refractivity contribution in [2.45, 2.75) is 20.8 Å². The van der Waals surface area contributed by atoms with Crippen molar-refractivity contribution in [1.82, 2.24) is 13.5 Å². The smallest absolute Gasteiger partial charge is 0.282 e. The molecule has 0 saturated carbocycles. The Kier molecular flexibility index (Phi) is 7.60. The van der Waals surface area contributed by atoms with E-state index in [4.69, 9.17) is 4.74 Å². The zero-order valence-corrected chi connectivity index (χ0v) is 17.4. The van der Waals surface area contributed by atoms with Gasteiger partial charge >= 0.3 is 0 Å². The van der Waals surface area contributed by atoms with Gasteiger partial charge in [0, 0.05) is 39.3 Å². The average Bonchev–Trinajstić information content (AvgIpc) is 2.63. The second-order valence-corrected chi connectivity index (χ2v) is 8.45. The van der Waals surface area contributed by atoms with Crippen LogP contribution in [0.1, 0.15) is 19.4 Å². The van der Waals surface area contributed by atoms with Crippen molar-refractivity contribution in [2.24, 2.45) is 0 Å². The molecule has 9 heteroatoms. The van der Waals surface area contributed by atoms with E-state index in [2.05, 4.69) is 5.32 Å². The van der Waals surface area contributed by atoms with Crippen LogP contribution in [0.5, 0.6) is 5.75 Å². The fraction of sp³-hybridized carbons (Fsp3) is 0.611. The van der Waals surface area contributed by atoms with E-state index in [1.807, 2.05) is 43.9 Å². The molecule has 0 unspecified atom stereocenters. The highest BCUT2D eigenvalue weighted by molar-refractivity contribution is 7.86. The van der Waals surface area contributed by atoms with Gasteiger partial charge in [0.1, 0.15) is 5.75 Å². The highest BCUT2D eigenvalue weighted by Crippen LogP contribution is 2.25. The summed E-state index contributed by atoms with van der Waals surface area (Å²) in [4.78, 5) is 14.4. The zero-order valence-electron chi connectivity index (χ0n) is 16.6. The Labute approximate surface area is 162 Å². The number of hydrogen-bond donors (Lipinski definition) is 1. The van der Waals surface area contributed by atoms with Crippen LogP contribution in [0.4, 0.5) is 5.69 Å². The summed E-state index contributed by atoms with van der Waals surface area (Å²) in [6, 6.07) is 5.61. The largest absolute Gasteiger partial charge is 0.495 e. The van der Waals surface area contributed by atoms with Crippen molar-refractivity contribution >= 4 is 21.8 Å². The van der Waals surface area contributed by atoms with Crippen LogP contribution in [0.25, 0.3) is 0 Å². The number of hydrogen-bond acceptors (Lipinski definition) is 5. The van der Waals surface area contributed by atoms with Crippen molar-refractivity contribution in [1.29, 1.82) is 0 Å². The first kappa shape index (κ1) is 21.6. The summed E-state index contributed by atoms with van der Waals surface area (Å²) in [6.45, 7) is 8.58. The molecule has 2 rings (SSSR count). The molecule has 1 fully saturated rings. The molecule has 0 aromatic heterocycles. The lowest BCUT2D eigenvalue weighted by Crippen LogP contribution is -2.54.